The van der Waals surface area contributed by atoms with Gasteiger partial charge in [0.05, 0.1) is 0 Å². The maximum atomic E-state index is 5.70. The lowest BCUT2D eigenvalue weighted by Gasteiger charge is -2.21. The van der Waals surface area contributed by atoms with E-state index in [9.17, 15) is 0 Å². The molecule has 0 aliphatic carbocycles. The number of halogens is 1. The molecule has 15 heavy (non-hydrogen) atoms. The van der Waals surface area contributed by atoms with Crippen LogP contribution in [-0.2, 0) is 0 Å². The van der Waals surface area contributed by atoms with Gasteiger partial charge >= 0.3 is 0 Å². The molecular formula is C11H15BrN2S. The second-order valence-corrected chi connectivity index (χ2v) is 4.80. The first kappa shape index (κ1) is 12.5. The van der Waals surface area contributed by atoms with E-state index in [1.807, 2.05) is 18.2 Å². The molecule has 1 rings (SSSR count). The molecule has 0 saturated heterocycles. The minimum absolute atomic E-state index is 0.439. The number of rotatable bonds is 4. The summed E-state index contributed by atoms with van der Waals surface area (Å²) < 4.78 is 0.999. The summed E-state index contributed by atoms with van der Waals surface area (Å²) in [6.45, 7) is 3.15. The summed E-state index contributed by atoms with van der Waals surface area (Å²) in [5.74, 6) is 0. The van der Waals surface area contributed by atoms with Gasteiger partial charge in [-0.15, -0.1) is 0 Å². The molecule has 0 atom stereocenters. The summed E-state index contributed by atoms with van der Waals surface area (Å²) in [4.78, 5) is 2.61. The van der Waals surface area contributed by atoms with Gasteiger partial charge in [-0.05, 0) is 24.6 Å². The second kappa shape index (κ2) is 5.47. The quantitative estimate of drug-likeness (QED) is 0.863. The van der Waals surface area contributed by atoms with Gasteiger partial charge in [0.2, 0.25) is 0 Å². The predicted octanol–water partition coefficient (Wildman–Crippen LogP) is 2.93. The van der Waals surface area contributed by atoms with Gasteiger partial charge in [-0.25, -0.2) is 0 Å². The Morgan fingerprint density at radius 3 is 2.73 bits per heavy atom. The lowest BCUT2D eigenvalue weighted by molar-refractivity contribution is 0.851. The molecule has 1 aromatic carbocycles. The highest BCUT2D eigenvalue weighted by Gasteiger charge is 2.09. The van der Waals surface area contributed by atoms with Gasteiger partial charge in [-0.1, -0.05) is 35.1 Å². The molecule has 4 heteroatoms. The SMILES string of the molecule is CCCN(C)c1ccc(Br)cc1C(N)=S. The van der Waals surface area contributed by atoms with Gasteiger partial charge in [0, 0.05) is 29.3 Å². The van der Waals surface area contributed by atoms with Crippen LogP contribution in [-0.4, -0.2) is 18.6 Å². The van der Waals surface area contributed by atoms with Crippen LogP contribution < -0.4 is 10.6 Å². The highest BCUT2D eigenvalue weighted by molar-refractivity contribution is 9.10. The summed E-state index contributed by atoms with van der Waals surface area (Å²) in [5.41, 5.74) is 7.72. The van der Waals surface area contributed by atoms with E-state index in [1.165, 1.54) is 0 Å². The molecule has 0 unspecified atom stereocenters. The van der Waals surface area contributed by atoms with Crippen molar-refractivity contribution >= 4 is 38.8 Å². The molecule has 2 nitrogen and oxygen atoms in total. The summed E-state index contributed by atoms with van der Waals surface area (Å²) in [6, 6.07) is 6.00. The number of hydrogen-bond acceptors (Lipinski definition) is 2. The van der Waals surface area contributed by atoms with E-state index in [2.05, 4.69) is 34.8 Å². The topological polar surface area (TPSA) is 29.3 Å². The monoisotopic (exact) mass is 286 g/mol. The normalized spacial score (nSPS) is 10.1. The van der Waals surface area contributed by atoms with Gasteiger partial charge in [-0.3, -0.25) is 0 Å². The fourth-order valence-corrected chi connectivity index (χ4v) is 2.02. The summed E-state index contributed by atoms with van der Waals surface area (Å²) >= 11 is 8.46. The van der Waals surface area contributed by atoms with Gasteiger partial charge in [-0.2, -0.15) is 0 Å². The average Bonchev–Trinajstić information content (AvgIpc) is 2.17. The van der Waals surface area contributed by atoms with Crippen molar-refractivity contribution in [2.75, 3.05) is 18.5 Å². The lowest BCUT2D eigenvalue weighted by Crippen LogP contribution is -2.22. The van der Waals surface area contributed by atoms with Crippen molar-refractivity contribution in [3.8, 4) is 0 Å². The Bertz CT molecular complexity index is 366. The van der Waals surface area contributed by atoms with E-state index in [1.54, 1.807) is 0 Å². The zero-order chi connectivity index (χ0) is 11.4. The van der Waals surface area contributed by atoms with Gasteiger partial charge in [0.15, 0.2) is 0 Å². The van der Waals surface area contributed by atoms with Crippen LogP contribution in [0.5, 0.6) is 0 Å². The summed E-state index contributed by atoms with van der Waals surface area (Å²) in [6.07, 6.45) is 1.10. The van der Waals surface area contributed by atoms with E-state index in [0.29, 0.717) is 4.99 Å². The molecule has 0 aromatic heterocycles. The third-order valence-electron chi connectivity index (χ3n) is 2.19. The third-order valence-corrected chi connectivity index (χ3v) is 2.91. The van der Waals surface area contributed by atoms with E-state index in [4.69, 9.17) is 18.0 Å². The number of hydrogen-bond donors (Lipinski definition) is 1. The van der Waals surface area contributed by atoms with Crippen molar-refractivity contribution in [3.63, 3.8) is 0 Å². The molecule has 0 spiro atoms. The molecule has 82 valence electrons. The van der Waals surface area contributed by atoms with Crippen molar-refractivity contribution < 1.29 is 0 Å². The number of nitrogens with two attached hydrogens (primary N) is 1. The lowest BCUT2D eigenvalue weighted by atomic mass is 10.1. The third kappa shape index (κ3) is 3.18. The first-order chi connectivity index (χ1) is 7.06. The van der Waals surface area contributed by atoms with E-state index < -0.39 is 0 Å². The van der Waals surface area contributed by atoms with Crippen LogP contribution in [0.1, 0.15) is 18.9 Å². The van der Waals surface area contributed by atoms with Crippen LogP contribution in [0.2, 0.25) is 0 Å². The molecule has 0 radical (unpaired) electrons. The molecule has 0 fully saturated rings. The molecule has 2 N–H and O–H groups in total. The second-order valence-electron chi connectivity index (χ2n) is 3.45. The van der Waals surface area contributed by atoms with Crippen molar-refractivity contribution in [1.82, 2.24) is 0 Å². The summed E-state index contributed by atoms with van der Waals surface area (Å²) in [7, 11) is 2.05. The Labute approximate surface area is 105 Å². The molecular weight excluding hydrogens is 272 g/mol. The number of benzene rings is 1. The largest absolute Gasteiger partial charge is 0.389 e. The minimum Gasteiger partial charge on any atom is -0.389 e. The molecule has 0 amide bonds. The molecule has 0 aliphatic heterocycles. The van der Waals surface area contributed by atoms with Crippen molar-refractivity contribution in [2.24, 2.45) is 5.73 Å². The van der Waals surface area contributed by atoms with Crippen LogP contribution in [0, 0.1) is 0 Å². The Kier molecular flexibility index (Phi) is 4.54. The van der Waals surface area contributed by atoms with Crippen LogP contribution in [0.4, 0.5) is 5.69 Å². The molecule has 0 bridgehead atoms. The first-order valence-electron chi connectivity index (χ1n) is 4.86. The minimum atomic E-state index is 0.439. The van der Waals surface area contributed by atoms with Gasteiger partial charge in [0.1, 0.15) is 4.99 Å². The molecule has 0 saturated carbocycles. The Balaban J connectivity index is 3.10. The number of anilines is 1. The van der Waals surface area contributed by atoms with E-state index in [-0.39, 0.29) is 0 Å². The standard InChI is InChI=1S/C11H15BrN2S/c1-3-6-14(2)10-5-4-8(12)7-9(10)11(13)15/h4-5,7H,3,6H2,1-2H3,(H2,13,15). The molecule has 1 aromatic rings. The zero-order valence-corrected chi connectivity index (χ0v) is 11.4. The highest BCUT2D eigenvalue weighted by atomic mass is 79.9. The van der Waals surface area contributed by atoms with Gasteiger partial charge < -0.3 is 10.6 Å². The number of nitrogens with zero attached hydrogens (tertiary/aromatic N) is 1. The zero-order valence-electron chi connectivity index (χ0n) is 8.96. The smallest absolute Gasteiger partial charge is 0.106 e. The van der Waals surface area contributed by atoms with Crippen LogP contribution in [0.25, 0.3) is 0 Å². The Hall–Kier alpha value is -0.610. The fourth-order valence-electron chi connectivity index (χ4n) is 1.49. The number of thiocarbonyl (C=S) groups is 1. The maximum Gasteiger partial charge on any atom is 0.106 e. The van der Waals surface area contributed by atoms with Crippen LogP contribution in [0.3, 0.4) is 0 Å². The van der Waals surface area contributed by atoms with E-state index >= 15 is 0 Å². The Morgan fingerprint density at radius 2 is 2.20 bits per heavy atom. The maximum absolute atomic E-state index is 5.70. The van der Waals surface area contributed by atoms with Crippen LogP contribution >= 0.6 is 28.1 Å². The highest BCUT2D eigenvalue weighted by Crippen LogP contribution is 2.23. The van der Waals surface area contributed by atoms with Crippen molar-refractivity contribution in [3.05, 3.63) is 28.2 Å². The summed E-state index contributed by atoms with van der Waals surface area (Å²) in [5, 5.41) is 0. The van der Waals surface area contributed by atoms with E-state index in [0.717, 1.165) is 28.7 Å². The van der Waals surface area contributed by atoms with Crippen molar-refractivity contribution in [1.29, 1.82) is 0 Å². The van der Waals surface area contributed by atoms with Gasteiger partial charge in [0.25, 0.3) is 0 Å². The molecule has 0 aliphatic rings. The predicted molar refractivity (Wildman–Crippen MR) is 73.6 cm³/mol. The average molecular weight is 287 g/mol. The fraction of sp³-hybridized carbons (Fsp3) is 0.364. The van der Waals surface area contributed by atoms with Crippen LogP contribution in [0.15, 0.2) is 22.7 Å². The van der Waals surface area contributed by atoms with Crippen molar-refractivity contribution in [2.45, 2.75) is 13.3 Å². The molecule has 0 heterocycles. The Morgan fingerprint density at radius 1 is 1.53 bits per heavy atom. The first-order valence-corrected chi connectivity index (χ1v) is 6.07.